The second-order valence-corrected chi connectivity index (χ2v) is 5.37. The Morgan fingerprint density at radius 2 is 1.88 bits per heavy atom. The first-order valence-corrected chi connectivity index (χ1v) is 7.32. The molecule has 120 valence electrons. The van der Waals surface area contributed by atoms with Gasteiger partial charge in [0.2, 0.25) is 0 Å². The van der Waals surface area contributed by atoms with Crippen molar-refractivity contribution in [2.75, 3.05) is 5.32 Å². The molecule has 1 N–H and O–H groups in total. The number of halogens is 1. The van der Waals surface area contributed by atoms with Crippen LogP contribution in [0.25, 0.3) is 11.3 Å². The minimum absolute atomic E-state index is 0.0474. The summed E-state index contributed by atoms with van der Waals surface area (Å²) >= 11 is 5.87. The van der Waals surface area contributed by atoms with Gasteiger partial charge in [0, 0.05) is 28.4 Å². The molecule has 2 aromatic carbocycles. The molecule has 0 aliphatic carbocycles. The summed E-state index contributed by atoms with van der Waals surface area (Å²) < 4.78 is 5.50. The molecule has 0 aliphatic rings. The summed E-state index contributed by atoms with van der Waals surface area (Å²) in [5.41, 5.74) is 1.01. The van der Waals surface area contributed by atoms with E-state index in [2.05, 4.69) is 5.32 Å². The quantitative estimate of drug-likeness (QED) is 0.547. The van der Waals surface area contributed by atoms with E-state index < -0.39 is 10.8 Å². The van der Waals surface area contributed by atoms with Gasteiger partial charge in [-0.1, -0.05) is 29.8 Å². The Morgan fingerprint density at radius 3 is 2.62 bits per heavy atom. The molecule has 24 heavy (non-hydrogen) atoms. The molecule has 1 amide bonds. The highest BCUT2D eigenvalue weighted by Gasteiger charge is 2.14. The Bertz CT molecular complexity index is 920. The molecule has 0 bridgehead atoms. The largest absolute Gasteiger partial charge is 0.451 e. The van der Waals surface area contributed by atoms with Crippen molar-refractivity contribution in [2.45, 2.75) is 0 Å². The van der Waals surface area contributed by atoms with Crippen LogP contribution in [0.2, 0.25) is 5.02 Å². The first-order valence-electron chi connectivity index (χ1n) is 6.94. The van der Waals surface area contributed by atoms with Crippen molar-refractivity contribution in [2.24, 2.45) is 0 Å². The Hall–Kier alpha value is -3.12. The molecule has 3 aromatic rings. The van der Waals surface area contributed by atoms with Crippen molar-refractivity contribution in [1.29, 1.82) is 0 Å². The highest BCUT2D eigenvalue weighted by Crippen LogP contribution is 2.26. The first kappa shape index (κ1) is 15.8. The molecule has 0 fully saturated rings. The summed E-state index contributed by atoms with van der Waals surface area (Å²) in [6.45, 7) is 0. The molecule has 0 aliphatic heterocycles. The van der Waals surface area contributed by atoms with Gasteiger partial charge in [-0.3, -0.25) is 14.9 Å². The lowest BCUT2D eigenvalue weighted by atomic mass is 10.1. The number of rotatable bonds is 4. The van der Waals surface area contributed by atoms with Gasteiger partial charge in [-0.15, -0.1) is 0 Å². The molecule has 0 unspecified atom stereocenters. The van der Waals surface area contributed by atoms with Crippen molar-refractivity contribution in [3.63, 3.8) is 0 Å². The standard InChI is InChI=1S/C17H11ClN2O4/c18-12-4-2-5-13(10-12)19-17(21)16-8-7-15(24-16)11-3-1-6-14(9-11)20(22)23/h1-10H,(H,19,21). The normalized spacial score (nSPS) is 10.4. The number of non-ortho nitro benzene ring substituents is 1. The van der Waals surface area contributed by atoms with Gasteiger partial charge in [0.05, 0.1) is 4.92 Å². The van der Waals surface area contributed by atoms with Gasteiger partial charge in [-0.25, -0.2) is 0 Å². The smallest absolute Gasteiger partial charge is 0.291 e. The number of carbonyl (C=O) groups is 1. The van der Waals surface area contributed by atoms with E-state index in [9.17, 15) is 14.9 Å². The van der Waals surface area contributed by atoms with Crippen molar-refractivity contribution in [3.8, 4) is 11.3 Å². The molecule has 3 rings (SSSR count). The number of nitro benzene ring substituents is 1. The molecule has 0 spiro atoms. The van der Waals surface area contributed by atoms with Crippen LogP contribution in [0.1, 0.15) is 10.6 Å². The number of nitrogens with one attached hydrogen (secondary N) is 1. The lowest BCUT2D eigenvalue weighted by Gasteiger charge is -2.03. The third kappa shape index (κ3) is 3.44. The van der Waals surface area contributed by atoms with E-state index in [4.69, 9.17) is 16.0 Å². The van der Waals surface area contributed by atoms with Crippen LogP contribution >= 0.6 is 11.6 Å². The summed E-state index contributed by atoms with van der Waals surface area (Å²) in [7, 11) is 0. The van der Waals surface area contributed by atoms with Crippen LogP contribution < -0.4 is 5.32 Å². The predicted octanol–water partition coefficient (Wildman–Crippen LogP) is 4.76. The lowest BCUT2D eigenvalue weighted by Crippen LogP contribution is -2.10. The van der Waals surface area contributed by atoms with Gasteiger partial charge in [0.1, 0.15) is 5.76 Å². The Labute approximate surface area is 141 Å². The summed E-state index contributed by atoms with van der Waals surface area (Å²) in [4.78, 5) is 22.5. The molecule has 1 heterocycles. The van der Waals surface area contributed by atoms with Crippen LogP contribution in [0.3, 0.4) is 0 Å². The number of furan rings is 1. The van der Waals surface area contributed by atoms with Gasteiger partial charge in [0.15, 0.2) is 5.76 Å². The maximum Gasteiger partial charge on any atom is 0.291 e. The fraction of sp³-hybridized carbons (Fsp3) is 0. The van der Waals surface area contributed by atoms with Crippen LogP contribution in [0.5, 0.6) is 0 Å². The highest BCUT2D eigenvalue weighted by atomic mass is 35.5. The molecular formula is C17H11ClN2O4. The highest BCUT2D eigenvalue weighted by molar-refractivity contribution is 6.30. The number of benzene rings is 2. The third-order valence-corrected chi connectivity index (χ3v) is 3.49. The average molecular weight is 343 g/mol. The van der Waals surface area contributed by atoms with E-state index in [0.29, 0.717) is 22.0 Å². The monoisotopic (exact) mass is 342 g/mol. The van der Waals surface area contributed by atoms with E-state index in [1.165, 1.54) is 18.2 Å². The van der Waals surface area contributed by atoms with E-state index in [1.807, 2.05) is 0 Å². The number of hydrogen-bond donors (Lipinski definition) is 1. The average Bonchev–Trinajstić information content (AvgIpc) is 3.05. The van der Waals surface area contributed by atoms with E-state index in [1.54, 1.807) is 42.5 Å². The minimum Gasteiger partial charge on any atom is -0.451 e. The van der Waals surface area contributed by atoms with Crippen LogP contribution in [0.4, 0.5) is 11.4 Å². The zero-order valence-electron chi connectivity index (χ0n) is 12.2. The molecule has 0 radical (unpaired) electrons. The Morgan fingerprint density at radius 1 is 1.08 bits per heavy atom. The topological polar surface area (TPSA) is 85.4 Å². The summed E-state index contributed by atoms with van der Waals surface area (Å²) in [5.74, 6) is 0.0281. The summed E-state index contributed by atoms with van der Waals surface area (Å²) in [5, 5.41) is 14.0. The van der Waals surface area contributed by atoms with Crippen molar-refractivity contribution >= 4 is 28.9 Å². The van der Waals surface area contributed by atoms with Gasteiger partial charge < -0.3 is 9.73 Å². The second kappa shape index (κ2) is 6.55. The van der Waals surface area contributed by atoms with E-state index >= 15 is 0 Å². The zero-order chi connectivity index (χ0) is 17.1. The molecule has 0 atom stereocenters. The summed E-state index contributed by atoms with van der Waals surface area (Å²) in [6.07, 6.45) is 0. The van der Waals surface area contributed by atoms with Gasteiger partial charge in [-0.2, -0.15) is 0 Å². The SMILES string of the molecule is O=C(Nc1cccc(Cl)c1)c1ccc(-c2cccc([N+](=O)[O-])c2)o1. The van der Waals surface area contributed by atoms with Crippen molar-refractivity contribution in [3.05, 3.63) is 81.6 Å². The Balaban J connectivity index is 1.81. The van der Waals surface area contributed by atoms with Crippen molar-refractivity contribution in [1.82, 2.24) is 0 Å². The van der Waals surface area contributed by atoms with Crippen LogP contribution in [0.15, 0.2) is 65.1 Å². The van der Waals surface area contributed by atoms with Crippen LogP contribution in [0, 0.1) is 10.1 Å². The Kier molecular flexibility index (Phi) is 4.31. The summed E-state index contributed by atoms with van der Waals surface area (Å²) in [6, 6.07) is 15.8. The maximum atomic E-state index is 12.2. The molecule has 7 heteroatoms. The molecular weight excluding hydrogens is 332 g/mol. The van der Waals surface area contributed by atoms with Gasteiger partial charge >= 0.3 is 0 Å². The zero-order valence-corrected chi connectivity index (χ0v) is 13.0. The third-order valence-electron chi connectivity index (χ3n) is 3.25. The molecule has 1 aromatic heterocycles. The maximum absolute atomic E-state index is 12.2. The van der Waals surface area contributed by atoms with E-state index in [0.717, 1.165) is 0 Å². The van der Waals surface area contributed by atoms with E-state index in [-0.39, 0.29) is 11.4 Å². The van der Waals surface area contributed by atoms with Gasteiger partial charge in [0.25, 0.3) is 11.6 Å². The number of carbonyl (C=O) groups excluding carboxylic acids is 1. The molecule has 0 saturated heterocycles. The lowest BCUT2D eigenvalue weighted by molar-refractivity contribution is -0.384. The van der Waals surface area contributed by atoms with Crippen LogP contribution in [-0.2, 0) is 0 Å². The number of nitrogens with zero attached hydrogens (tertiary/aromatic N) is 1. The number of nitro groups is 1. The molecule has 0 saturated carbocycles. The number of anilines is 1. The minimum atomic E-state index is -0.487. The number of amides is 1. The second-order valence-electron chi connectivity index (χ2n) is 4.94. The first-order chi connectivity index (χ1) is 11.5. The molecule has 6 nitrogen and oxygen atoms in total. The fourth-order valence-corrected chi connectivity index (χ4v) is 2.34. The fourth-order valence-electron chi connectivity index (χ4n) is 2.15. The van der Waals surface area contributed by atoms with Gasteiger partial charge in [-0.05, 0) is 30.3 Å². The number of hydrogen-bond acceptors (Lipinski definition) is 4. The van der Waals surface area contributed by atoms with Crippen LogP contribution in [-0.4, -0.2) is 10.8 Å². The predicted molar refractivity (Wildman–Crippen MR) is 90.2 cm³/mol. The van der Waals surface area contributed by atoms with Crippen molar-refractivity contribution < 1.29 is 14.1 Å².